The number of ether oxygens (including phenoxy) is 1. The minimum atomic E-state index is 0.666. The van der Waals surface area contributed by atoms with Crippen molar-refractivity contribution in [2.24, 2.45) is 0 Å². The Morgan fingerprint density at radius 2 is 2.12 bits per heavy atom. The van der Waals surface area contributed by atoms with Crippen LogP contribution in [0.5, 0.6) is 0 Å². The van der Waals surface area contributed by atoms with E-state index in [1.54, 1.807) is 10.7 Å². The molecule has 0 unspecified atom stereocenters. The van der Waals surface area contributed by atoms with Crippen LogP contribution in [0.1, 0.15) is 0 Å². The van der Waals surface area contributed by atoms with Crippen molar-refractivity contribution in [3.63, 3.8) is 0 Å². The lowest BCUT2D eigenvalue weighted by Gasteiger charge is -2.28. The molecule has 0 aromatic carbocycles. The van der Waals surface area contributed by atoms with Gasteiger partial charge in [0.25, 0.3) is 0 Å². The topological polar surface area (TPSA) is 42.7 Å². The molecule has 0 bridgehead atoms. The molecule has 1 saturated heterocycles. The van der Waals surface area contributed by atoms with Crippen molar-refractivity contribution in [1.29, 1.82) is 0 Å². The van der Waals surface area contributed by atoms with E-state index in [2.05, 4.69) is 15.0 Å². The first-order valence-corrected chi connectivity index (χ1v) is 5.54. The van der Waals surface area contributed by atoms with Gasteiger partial charge < -0.3 is 9.64 Å². The first-order chi connectivity index (χ1) is 7.84. The van der Waals surface area contributed by atoms with Crippen molar-refractivity contribution in [3.8, 4) is 0 Å². The Balaban J connectivity index is 2.09. The van der Waals surface area contributed by atoms with Crippen LogP contribution >= 0.6 is 11.6 Å². The number of halogens is 1. The second kappa shape index (κ2) is 3.92. The summed E-state index contributed by atoms with van der Waals surface area (Å²) in [7, 11) is 0. The molecule has 0 radical (unpaired) electrons. The summed E-state index contributed by atoms with van der Waals surface area (Å²) < 4.78 is 7.03. The maximum atomic E-state index is 6.05. The molecule has 1 fully saturated rings. The highest BCUT2D eigenvalue weighted by Gasteiger charge is 2.16. The number of nitrogens with zero attached hydrogens (tertiary/aromatic N) is 4. The molecule has 6 heteroatoms. The zero-order chi connectivity index (χ0) is 11.0. The molecular formula is C10H11ClN4O. The van der Waals surface area contributed by atoms with Crippen LogP contribution in [0, 0.1) is 0 Å². The minimum absolute atomic E-state index is 0.666. The fraction of sp³-hybridized carbons (Fsp3) is 0.400. The molecule has 0 aliphatic carbocycles. The summed E-state index contributed by atoms with van der Waals surface area (Å²) in [6, 6.07) is 1.93. The molecule has 3 rings (SSSR count). The summed E-state index contributed by atoms with van der Waals surface area (Å²) in [5.41, 5.74) is 1.86. The van der Waals surface area contributed by atoms with Crippen LogP contribution in [0.4, 0.5) is 5.69 Å². The second-order valence-corrected chi connectivity index (χ2v) is 4.11. The minimum Gasteiger partial charge on any atom is -0.378 e. The molecule has 5 nitrogen and oxygen atoms in total. The van der Waals surface area contributed by atoms with E-state index in [0.29, 0.717) is 5.02 Å². The number of anilines is 1. The Morgan fingerprint density at radius 3 is 2.94 bits per heavy atom. The van der Waals surface area contributed by atoms with Crippen LogP contribution in [-0.4, -0.2) is 40.9 Å². The first-order valence-electron chi connectivity index (χ1n) is 5.16. The quantitative estimate of drug-likeness (QED) is 0.749. The van der Waals surface area contributed by atoms with Crippen LogP contribution < -0.4 is 4.90 Å². The summed E-state index contributed by atoms with van der Waals surface area (Å²) >= 11 is 6.05. The van der Waals surface area contributed by atoms with E-state index in [1.165, 1.54) is 6.33 Å². The molecular weight excluding hydrogens is 228 g/mol. The summed E-state index contributed by atoms with van der Waals surface area (Å²) in [6.45, 7) is 3.21. The Bertz CT molecular complexity index is 506. The Morgan fingerprint density at radius 1 is 1.31 bits per heavy atom. The van der Waals surface area contributed by atoms with Crippen molar-refractivity contribution < 1.29 is 4.74 Å². The lowest BCUT2D eigenvalue weighted by atomic mass is 10.3. The molecule has 2 aromatic heterocycles. The van der Waals surface area contributed by atoms with Gasteiger partial charge in [-0.25, -0.2) is 9.50 Å². The average Bonchev–Trinajstić information content (AvgIpc) is 2.77. The number of morpholine rings is 1. The van der Waals surface area contributed by atoms with Crippen molar-refractivity contribution >= 4 is 22.9 Å². The number of hydrogen-bond acceptors (Lipinski definition) is 4. The standard InChI is InChI=1S/C10H11ClN4O/c11-8-5-9(14-1-3-16-4-2-14)10-12-7-13-15(10)6-8/h5-7H,1-4H2. The van der Waals surface area contributed by atoms with Crippen LogP contribution in [-0.2, 0) is 4.74 Å². The molecule has 0 atom stereocenters. The average molecular weight is 239 g/mol. The van der Waals surface area contributed by atoms with Crippen LogP contribution in [0.2, 0.25) is 5.02 Å². The van der Waals surface area contributed by atoms with Gasteiger partial charge in [0.05, 0.1) is 23.9 Å². The van der Waals surface area contributed by atoms with E-state index in [1.807, 2.05) is 6.07 Å². The molecule has 84 valence electrons. The molecule has 0 saturated carbocycles. The normalized spacial score (nSPS) is 16.9. The predicted molar refractivity (Wildman–Crippen MR) is 61.0 cm³/mol. The number of rotatable bonds is 1. The van der Waals surface area contributed by atoms with Crippen molar-refractivity contribution in [2.75, 3.05) is 31.2 Å². The van der Waals surface area contributed by atoms with Crippen LogP contribution in [0.15, 0.2) is 18.6 Å². The largest absolute Gasteiger partial charge is 0.378 e. The second-order valence-electron chi connectivity index (χ2n) is 3.67. The maximum absolute atomic E-state index is 6.05. The van der Waals surface area contributed by atoms with E-state index >= 15 is 0 Å². The third-order valence-electron chi connectivity index (χ3n) is 2.67. The SMILES string of the molecule is Clc1cc(N2CCOCC2)c2ncnn2c1. The van der Waals surface area contributed by atoms with Gasteiger partial charge in [0.2, 0.25) is 0 Å². The molecule has 0 amide bonds. The van der Waals surface area contributed by atoms with Crippen molar-refractivity contribution in [2.45, 2.75) is 0 Å². The van der Waals surface area contributed by atoms with Gasteiger partial charge in [0.1, 0.15) is 6.33 Å². The van der Waals surface area contributed by atoms with Gasteiger partial charge in [-0.1, -0.05) is 11.6 Å². The third-order valence-corrected chi connectivity index (χ3v) is 2.88. The highest BCUT2D eigenvalue weighted by atomic mass is 35.5. The van der Waals surface area contributed by atoms with Gasteiger partial charge in [-0.15, -0.1) is 0 Å². The lowest BCUT2D eigenvalue weighted by Crippen LogP contribution is -2.36. The number of aromatic nitrogens is 3. The summed E-state index contributed by atoms with van der Waals surface area (Å²) in [5, 5.41) is 4.76. The van der Waals surface area contributed by atoms with Crippen molar-refractivity contribution in [1.82, 2.24) is 14.6 Å². The Kier molecular flexibility index (Phi) is 2.41. The van der Waals surface area contributed by atoms with E-state index in [9.17, 15) is 0 Å². The van der Waals surface area contributed by atoms with Crippen LogP contribution in [0.3, 0.4) is 0 Å². The zero-order valence-electron chi connectivity index (χ0n) is 8.64. The Hall–Kier alpha value is -1.33. The zero-order valence-corrected chi connectivity index (χ0v) is 9.39. The molecule has 1 aliphatic rings. The van der Waals surface area contributed by atoms with E-state index in [-0.39, 0.29) is 0 Å². The summed E-state index contributed by atoms with van der Waals surface area (Å²) in [5.74, 6) is 0. The highest BCUT2D eigenvalue weighted by Crippen LogP contribution is 2.24. The smallest absolute Gasteiger partial charge is 0.178 e. The predicted octanol–water partition coefficient (Wildman–Crippen LogP) is 1.22. The molecule has 16 heavy (non-hydrogen) atoms. The summed E-state index contributed by atoms with van der Waals surface area (Å²) in [4.78, 5) is 6.47. The monoisotopic (exact) mass is 238 g/mol. The summed E-state index contributed by atoms with van der Waals surface area (Å²) in [6.07, 6.45) is 3.30. The lowest BCUT2D eigenvalue weighted by molar-refractivity contribution is 0.123. The molecule has 0 spiro atoms. The molecule has 0 N–H and O–H groups in total. The van der Waals surface area contributed by atoms with Gasteiger partial charge in [-0.2, -0.15) is 5.10 Å². The maximum Gasteiger partial charge on any atom is 0.178 e. The first kappa shape index (κ1) is 9.86. The van der Waals surface area contributed by atoms with Gasteiger partial charge >= 0.3 is 0 Å². The molecule has 2 aromatic rings. The van der Waals surface area contributed by atoms with E-state index in [0.717, 1.165) is 37.6 Å². The fourth-order valence-electron chi connectivity index (χ4n) is 1.91. The van der Waals surface area contributed by atoms with Gasteiger partial charge in [-0.3, -0.25) is 0 Å². The number of hydrogen-bond donors (Lipinski definition) is 0. The van der Waals surface area contributed by atoms with E-state index in [4.69, 9.17) is 16.3 Å². The van der Waals surface area contributed by atoms with Crippen LogP contribution in [0.25, 0.3) is 5.65 Å². The fourth-order valence-corrected chi connectivity index (χ4v) is 2.11. The molecule has 1 aliphatic heterocycles. The number of fused-ring (bicyclic) bond motifs is 1. The Labute approximate surface area is 97.6 Å². The number of pyridine rings is 1. The molecule has 3 heterocycles. The van der Waals surface area contributed by atoms with E-state index < -0.39 is 0 Å². The third kappa shape index (κ3) is 1.62. The van der Waals surface area contributed by atoms with Gasteiger partial charge in [0, 0.05) is 19.3 Å². The van der Waals surface area contributed by atoms with Gasteiger partial charge in [0.15, 0.2) is 5.65 Å². The highest BCUT2D eigenvalue weighted by molar-refractivity contribution is 6.30. The van der Waals surface area contributed by atoms with Gasteiger partial charge in [-0.05, 0) is 6.07 Å². The van der Waals surface area contributed by atoms with Crippen molar-refractivity contribution in [3.05, 3.63) is 23.6 Å².